The molecule has 3 heterocycles. The molecular formula is C57H37NO3. The van der Waals surface area contributed by atoms with Gasteiger partial charge < -0.3 is 18.2 Å². The topological polar surface area (TPSA) is 42.7 Å². The van der Waals surface area contributed by atoms with E-state index in [1.54, 1.807) is 0 Å². The summed E-state index contributed by atoms with van der Waals surface area (Å²) in [6, 6.07) is 67.0. The van der Waals surface area contributed by atoms with Gasteiger partial charge in [-0.2, -0.15) is 0 Å². The van der Waals surface area contributed by atoms with E-state index < -0.39 is 0 Å². The molecule has 0 unspecified atom stereocenters. The van der Waals surface area contributed by atoms with Crippen molar-refractivity contribution in [3.05, 3.63) is 199 Å². The molecule has 288 valence electrons. The zero-order valence-corrected chi connectivity index (χ0v) is 33.6. The first-order valence-corrected chi connectivity index (χ1v) is 20.9. The van der Waals surface area contributed by atoms with Crippen LogP contribution in [0, 0.1) is 0 Å². The summed E-state index contributed by atoms with van der Waals surface area (Å²) < 4.78 is 19.9. The third-order valence-electron chi connectivity index (χ3n) is 13.1. The molecule has 0 spiro atoms. The average molecular weight is 784 g/mol. The molecule has 1 aliphatic rings. The molecule has 0 atom stereocenters. The van der Waals surface area contributed by atoms with E-state index in [9.17, 15) is 0 Å². The van der Waals surface area contributed by atoms with Crippen LogP contribution in [0.25, 0.3) is 99.2 Å². The minimum Gasteiger partial charge on any atom is -0.456 e. The molecular weight excluding hydrogens is 747 g/mol. The number of furan rings is 3. The van der Waals surface area contributed by atoms with Gasteiger partial charge in [-0.25, -0.2) is 0 Å². The maximum Gasteiger partial charge on any atom is 0.159 e. The summed E-state index contributed by atoms with van der Waals surface area (Å²) in [7, 11) is 0. The fourth-order valence-corrected chi connectivity index (χ4v) is 10.1. The maximum absolute atomic E-state index is 7.00. The third kappa shape index (κ3) is 5.00. The van der Waals surface area contributed by atoms with Gasteiger partial charge in [0.05, 0.1) is 5.69 Å². The lowest BCUT2D eigenvalue weighted by Crippen LogP contribution is -2.16. The Morgan fingerprint density at radius 3 is 1.79 bits per heavy atom. The summed E-state index contributed by atoms with van der Waals surface area (Å²) in [6.45, 7) is 4.67. The van der Waals surface area contributed by atoms with E-state index in [0.717, 1.165) is 105 Å². The highest BCUT2D eigenvalue weighted by atomic mass is 16.3. The highest BCUT2D eigenvalue weighted by molar-refractivity contribution is 6.18. The van der Waals surface area contributed by atoms with Gasteiger partial charge in [0.1, 0.15) is 27.9 Å². The van der Waals surface area contributed by atoms with Gasteiger partial charge in [0.2, 0.25) is 0 Å². The lowest BCUT2D eigenvalue weighted by molar-refractivity contribution is 0.660. The molecule has 61 heavy (non-hydrogen) atoms. The number of para-hydroxylation sites is 3. The van der Waals surface area contributed by atoms with Crippen molar-refractivity contribution >= 4 is 82.9 Å². The number of fused-ring (bicyclic) bond motifs is 12. The predicted molar refractivity (Wildman–Crippen MR) is 251 cm³/mol. The van der Waals surface area contributed by atoms with Crippen LogP contribution in [0.5, 0.6) is 0 Å². The highest BCUT2D eigenvalue weighted by Crippen LogP contribution is 2.52. The van der Waals surface area contributed by atoms with E-state index in [1.807, 2.05) is 18.2 Å². The van der Waals surface area contributed by atoms with Crippen molar-refractivity contribution in [3.63, 3.8) is 0 Å². The third-order valence-corrected chi connectivity index (χ3v) is 13.1. The SMILES string of the molecule is CC1(C)c2ccccc2-c2ccc(N(c3ccc(-c4ccc5oc6ccccc6c5c4)cc3)c3cccc4c3oc3cc5c(cc34)oc3c(-c4ccccc4)cccc35)cc21. The minimum absolute atomic E-state index is 0.157. The summed E-state index contributed by atoms with van der Waals surface area (Å²) in [5.74, 6) is 0. The van der Waals surface area contributed by atoms with Crippen LogP contribution >= 0.6 is 0 Å². The van der Waals surface area contributed by atoms with Crippen molar-refractivity contribution in [1.29, 1.82) is 0 Å². The van der Waals surface area contributed by atoms with Crippen LogP contribution in [-0.2, 0) is 5.41 Å². The van der Waals surface area contributed by atoms with Crippen molar-refractivity contribution in [2.24, 2.45) is 0 Å². The second kappa shape index (κ2) is 12.6. The smallest absolute Gasteiger partial charge is 0.159 e. The number of benzene rings is 9. The molecule has 0 fully saturated rings. The molecule has 0 amide bonds. The Morgan fingerprint density at radius 2 is 0.951 bits per heavy atom. The van der Waals surface area contributed by atoms with Crippen molar-refractivity contribution in [1.82, 2.24) is 0 Å². The van der Waals surface area contributed by atoms with Gasteiger partial charge in [0, 0.05) is 54.7 Å². The van der Waals surface area contributed by atoms with Crippen LogP contribution in [0.1, 0.15) is 25.0 Å². The van der Waals surface area contributed by atoms with E-state index in [-0.39, 0.29) is 5.41 Å². The van der Waals surface area contributed by atoms with Gasteiger partial charge in [-0.3, -0.25) is 0 Å². The second-order valence-corrected chi connectivity index (χ2v) is 16.8. The maximum atomic E-state index is 7.00. The zero-order valence-electron chi connectivity index (χ0n) is 33.6. The molecule has 1 aliphatic carbocycles. The molecule has 4 heteroatoms. The van der Waals surface area contributed by atoms with E-state index in [1.165, 1.54) is 22.3 Å². The largest absolute Gasteiger partial charge is 0.456 e. The molecule has 9 aromatic carbocycles. The minimum atomic E-state index is -0.157. The molecule has 0 bridgehead atoms. The average Bonchev–Trinajstić information content (AvgIpc) is 4.04. The summed E-state index contributed by atoms with van der Waals surface area (Å²) >= 11 is 0. The summed E-state index contributed by atoms with van der Waals surface area (Å²) in [5.41, 5.74) is 17.8. The number of nitrogens with zero attached hydrogens (tertiary/aromatic N) is 1. The van der Waals surface area contributed by atoms with Crippen LogP contribution in [0.15, 0.2) is 201 Å². The molecule has 0 saturated heterocycles. The fraction of sp³-hybridized carbons (Fsp3) is 0.0526. The van der Waals surface area contributed by atoms with Crippen LogP contribution in [0.2, 0.25) is 0 Å². The van der Waals surface area contributed by atoms with Gasteiger partial charge >= 0.3 is 0 Å². The Labute approximate surface area is 351 Å². The van der Waals surface area contributed by atoms with Gasteiger partial charge in [0.25, 0.3) is 0 Å². The first-order chi connectivity index (χ1) is 30.0. The molecule has 13 rings (SSSR count). The molecule has 0 N–H and O–H groups in total. The van der Waals surface area contributed by atoms with E-state index in [0.29, 0.717) is 0 Å². The van der Waals surface area contributed by atoms with Crippen molar-refractivity contribution in [2.75, 3.05) is 4.90 Å². The summed E-state index contributed by atoms with van der Waals surface area (Å²) in [4.78, 5) is 2.35. The number of rotatable bonds is 5. The molecule has 3 aromatic heterocycles. The van der Waals surface area contributed by atoms with Gasteiger partial charge in [-0.1, -0.05) is 141 Å². The van der Waals surface area contributed by atoms with Crippen molar-refractivity contribution in [3.8, 4) is 33.4 Å². The lowest BCUT2D eigenvalue weighted by atomic mass is 9.82. The Hall–Kier alpha value is -7.82. The van der Waals surface area contributed by atoms with Gasteiger partial charge in [0.15, 0.2) is 5.58 Å². The van der Waals surface area contributed by atoms with Gasteiger partial charge in [-0.05, 0) is 99.6 Å². The molecule has 0 saturated carbocycles. The van der Waals surface area contributed by atoms with Crippen molar-refractivity contribution < 1.29 is 13.3 Å². The highest BCUT2D eigenvalue weighted by Gasteiger charge is 2.36. The summed E-state index contributed by atoms with van der Waals surface area (Å²) in [6.07, 6.45) is 0. The summed E-state index contributed by atoms with van der Waals surface area (Å²) in [5, 5.41) is 6.41. The van der Waals surface area contributed by atoms with E-state index in [2.05, 4.69) is 189 Å². The first-order valence-electron chi connectivity index (χ1n) is 20.9. The Bertz CT molecular complexity index is 3730. The molecule has 4 nitrogen and oxygen atoms in total. The number of hydrogen-bond acceptors (Lipinski definition) is 4. The number of anilines is 3. The first kappa shape index (κ1) is 34.1. The predicted octanol–water partition coefficient (Wildman–Crippen LogP) is 16.5. The second-order valence-electron chi connectivity index (χ2n) is 16.8. The van der Waals surface area contributed by atoms with Crippen LogP contribution < -0.4 is 4.90 Å². The van der Waals surface area contributed by atoms with Crippen LogP contribution in [0.3, 0.4) is 0 Å². The van der Waals surface area contributed by atoms with Crippen LogP contribution in [0.4, 0.5) is 17.1 Å². The Kier molecular flexibility index (Phi) is 7.04. The molecule has 0 radical (unpaired) electrons. The van der Waals surface area contributed by atoms with Crippen LogP contribution in [-0.4, -0.2) is 0 Å². The van der Waals surface area contributed by atoms with Crippen molar-refractivity contribution in [2.45, 2.75) is 19.3 Å². The normalized spacial score (nSPS) is 13.2. The van der Waals surface area contributed by atoms with Gasteiger partial charge in [-0.15, -0.1) is 0 Å². The Balaban J connectivity index is 0.983. The molecule has 12 aromatic rings. The quantitative estimate of drug-likeness (QED) is 0.174. The fourth-order valence-electron chi connectivity index (χ4n) is 10.1. The van der Waals surface area contributed by atoms with E-state index >= 15 is 0 Å². The van der Waals surface area contributed by atoms with E-state index in [4.69, 9.17) is 13.3 Å². The number of hydrogen-bond donors (Lipinski definition) is 0. The standard InChI is InChI=1S/C57H37NO3/c1-57(2)48-19-8-6-14-40(48)41-28-27-38(31-49(41)57)58(37-25-22-34(23-26-37)36-24-29-52-45(30-36)42-15-7-9-21-51(42)59-52)50-20-11-18-44-47-33-53-46(32-54(47)61-56(44)50)43-17-10-16-39(55(43)60-53)35-12-4-3-5-13-35/h3-33H,1-2H3. The zero-order chi connectivity index (χ0) is 40.4. The Morgan fingerprint density at radius 1 is 0.344 bits per heavy atom. The monoisotopic (exact) mass is 783 g/mol. The molecule has 0 aliphatic heterocycles. The lowest BCUT2D eigenvalue weighted by Gasteiger charge is -2.28.